The molecule has 1 fully saturated rings. The average molecular weight is 363 g/mol. The Bertz CT molecular complexity index is 544. The van der Waals surface area contributed by atoms with Gasteiger partial charge in [-0.3, -0.25) is 4.99 Å². The van der Waals surface area contributed by atoms with Crippen LogP contribution in [0.3, 0.4) is 0 Å². The molecule has 1 unspecified atom stereocenters. The summed E-state index contributed by atoms with van der Waals surface area (Å²) in [5.74, 6) is 2.22. The molecule has 0 aliphatic carbocycles. The molecule has 1 aromatic rings. The highest BCUT2D eigenvalue weighted by atomic mass is 16.5. The van der Waals surface area contributed by atoms with Crippen molar-refractivity contribution in [3.8, 4) is 5.75 Å². The summed E-state index contributed by atoms with van der Waals surface area (Å²) in [6.07, 6.45) is 3.56. The fourth-order valence-electron chi connectivity index (χ4n) is 3.11. The third-order valence-corrected chi connectivity index (χ3v) is 4.47. The number of anilines is 1. The number of methoxy groups -OCH3 is 1. The van der Waals surface area contributed by atoms with Crippen LogP contribution in [0.1, 0.15) is 26.2 Å². The lowest BCUT2D eigenvalue weighted by molar-refractivity contribution is 0.172. The van der Waals surface area contributed by atoms with Crippen molar-refractivity contribution in [1.82, 2.24) is 10.2 Å². The van der Waals surface area contributed by atoms with Crippen LogP contribution < -0.4 is 15.4 Å². The lowest BCUT2D eigenvalue weighted by Gasteiger charge is -2.21. The molecule has 6 heteroatoms. The first-order valence-corrected chi connectivity index (χ1v) is 9.63. The molecule has 0 saturated carbocycles. The molecule has 0 bridgehead atoms. The van der Waals surface area contributed by atoms with E-state index in [9.17, 15) is 0 Å². The number of hydrogen-bond acceptors (Lipinski definition) is 4. The standard InChI is InChI=1S/C20H34N4O2/c1-17(16-24-10-4-5-11-24)15-22-20(21-2)23-18-8-6-9-19(14-18)26-13-7-12-25-3/h6,8-9,14,17H,4-5,7,10-13,15-16H2,1-3H3,(H2,21,22,23). The number of nitrogens with one attached hydrogen (secondary N) is 2. The van der Waals surface area contributed by atoms with E-state index in [1.165, 1.54) is 25.9 Å². The van der Waals surface area contributed by atoms with Crippen LogP contribution in [-0.2, 0) is 4.74 Å². The van der Waals surface area contributed by atoms with Crippen molar-refractivity contribution in [2.24, 2.45) is 10.9 Å². The van der Waals surface area contributed by atoms with Crippen LogP contribution >= 0.6 is 0 Å². The number of benzene rings is 1. The van der Waals surface area contributed by atoms with Gasteiger partial charge in [0, 0.05) is 52.0 Å². The molecule has 26 heavy (non-hydrogen) atoms. The molecule has 1 aliphatic rings. The van der Waals surface area contributed by atoms with E-state index in [0.717, 1.165) is 36.9 Å². The van der Waals surface area contributed by atoms with Crippen LogP contribution in [0.4, 0.5) is 5.69 Å². The van der Waals surface area contributed by atoms with Crippen molar-refractivity contribution in [1.29, 1.82) is 0 Å². The molecule has 1 aliphatic heterocycles. The lowest BCUT2D eigenvalue weighted by atomic mass is 10.1. The van der Waals surface area contributed by atoms with Crippen LogP contribution in [0.25, 0.3) is 0 Å². The summed E-state index contributed by atoms with van der Waals surface area (Å²) in [5.41, 5.74) is 0.967. The highest BCUT2D eigenvalue weighted by Gasteiger charge is 2.14. The summed E-state index contributed by atoms with van der Waals surface area (Å²) < 4.78 is 10.8. The van der Waals surface area contributed by atoms with Crippen molar-refractivity contribution in [2.45, 2.75) is 26.2 Å². The lowest BCUT2D eigenvalue weighted by Crippen LogP contribution is -2.37. The molecule has 1 aromatic carbocycles. The maximum Gasteiger partial charge on any atom is 0.195 e. The zero-order chi connectivity index (χ0) is 18.6. The summed E-state index contributed by atoms with van der Waals surface area (Å²) in [5, 5.41) is 6.77. The largest absolute Gasteiger partial charge is 0.493 e. The summed E-state index contributed by atoms with van der Waals surface area (Å²) in [7, 11) is 3.50. The average Bonchev–Trinajstić information content (AvgIpc) is 3.15. The molecule has 146 valence electrons. The molecule has 2 N–H and O–H groups in total. The highest BCUT2D eigenvalue weighted by Crippen LogP contribution is 2.17. The number of nitrogens with zero attached hydrogens (tertiary/aromatic N) is 2. The van der Waals surface area contributed by atoms with Crippen molar-refractivity contribution in [3.05, 3.63) is 24.3 Å². The Kier molecular flexibility index (Phi) is 9.28. The molecule has 0 spiro atoms. The molecule has 0 amide bonds. The topological polar surface area (TPSA) is 58.1 Å². The van der Waals surface area contributed by atoms with Gasteiger partial charge in [0.15, 0.2) is 5.96 Å². The molecule has 6 nitrogen and oxygen atoms in total. The van der Waals surface area contributed by atoms with Gasteiger partial charge < -0.3 is 25.0 Å². The summed E-state index contributed by atoms with van der Waals surface area (Å²) in [4.78, 5) is 6.88. The SMILES string of the molecule is CN=C(NCC(C)CN1CCCC1)Nc1cccc(OCCCOC)c1. The van der Waals surface area contributed by atoms with E-state index in [1.807, 2.05) is 24.3 Å². The first kappa shape index (κ1) is 20.5. The minimum absolute atomic E-state index is 0.585. The van der Waals surface area contributed by atoms with Gasteiger partial charge in [-0.25, -0.2) is 0 Å². The van der Waals surface area contributed by atoms with Gasteiger partial charge in [0.05, 0.1) is 6.61 Å². The first-order valence-electron chi connectivity index (χ1n) is 9.63. The normalized spacial score (nSPS) is 16.5. The van der Waals surface area contributed by atoms with E-state index in [2.05, 4.69) is 27.4 Å². The van der Waals surface area contributed by atoms with Gasteiger partial charge in [0.2, 0.25) is 0 Å². The van der Waals surface area contributed by atoms with Gasteiger partial charge in [0.1, 0.15) is 5.75 Å². The first-order chi connectivity index (χ1) is 12.7. The summed E-state index contributed by atoms with van der Waals surface area (Å²) in [6.45, 7) is 8.19. The van der Waals surface area contributed by atoms with E-state index in [0.29, 0.717) is 19.1 Å². The molecule has 1 heterocycles. The summed E-state index contributed by atoms with van der Waals surface area (Å²) >= 11 is 0. The van der Waals surface area contributed by atoms with Crippen LogP contribution in [0, 0.1) is 5.92 Å². The molecule has 0 aromatic heterocycles. The highest BCUT2D eigenvalue weighted by molar-refractivity contribution is 5.93. The van der Waals surface area contributed by atoms with Gasteiger partial charge in [-0.2, -0.15) is 0 Å². The second-order valence-corrected chi connectivity index (χ2v) is 6.91. The predicted molar refractivity (Wildman–Crippen MR) is 108 cm³/mol. The minimum atomic E-state index is 0.585. The van der Waals surface area contributed by atoms with E-state index in [-0.39, 0.29) is 0 Å². The van der Waals surface area contributed by atoms with Crippen molar-refractivity contribution in [2.75, 3.05) is 58.9 Å². The number of aliphatic imine (C=N–C) groups is 1. The number of guanidine groups is 1. The smallest absolute Gasteiger partial charge is 0.195 e. The Labute approximate surface area is 158 Å². The van der Waals surface area contributed by atoms with E-state index in [1.54, 1.807) is 14.2 Å². The van der Waals surface area contributed by atoms with Crippen molar-refractivity contribution in [3.63, 3.8) is 0 Å². The Hall–Kier alpha value is -1.79. The predicted octanol–water partition coefficient (Wildman–Crippen LogP) is 2.82. The van der Waals surface area contributed by atoms with Crippen molar-refractivity contribution < 1.29 is 9.47 Å². The van der Waals surface area contributed by atoms with Crippen LogP contribution in [0.2, 0.25) is 0 Å². The van der Waals surface area contributed by atoms with E-state index in [4.69, 9.17) is 9.47 Å². The Morgan fingerprint density at radius 3 is 2.81 bits per heavy atom. The summed E-state index contributed by atoms with van der Waals surface area (Å²) in [6, 6.07) is 7.96. The van der Waals surface area contributed by atoms with Gasteiger partial charge in [-0.15, -0.1) is 0 Å². The van der Waals surface area contributed by atoms with Crippen molar-refractivity contribution >= 4 is 11.6 Å². The maximum atomic E-state index is 5.75. The monoisotopic (exact) mass is 362 g/mol. The van der Waals surface area contributed by atoms with Crippen LogP contribution in [0.15, 0.2) is 29.3 Å². The fourth-order valence-corrected chi connectivity index (χ4v) is 3.11. The zero-order valence-corrected chi connectivity index (χ0v) is 16.5. The van der Waals surface area contributed by atoms with Crippen LogP contribution in [-0.4, -0.2) is 64.4 Å². The third kappa shape index (κ3) is 7.62. The molecule has 1 atom stereocenters. The zero-order valence-electron chi connectivity index (χ0n) is 16.5. The van der Waals surface area contributed by atoms with Gasteiger partial charge >= 0.3 is 0 Å². The van der Waals surface area contributed by atoms with E-state index >= 15 is 0 Å². The quantitative estimate of drug-likeness (QED) is 0.381. The minimum Gasteiger partial charge on any atom is -0.493 e. The number of hydrogen-bond donors (Lipinski definition) is 2. The second-order valence-electron chi connectivity index (χ2n) is 6.91. The Morgan fingerprint density at radius 1 is 1.27 bits per heavy atom. The number of ether oxygens (including phenoxy) is 2. The molecule has 2 rings (SSSR count). The fraction of sp³-hybridized carbons (Fsp3) is 0.650. The molecular weight excluding hydrogens is 328 g/mol. The van der Waals surface area contributed by atoms with Gasteiger partial charge in [-0.1, -0.05) is 13.0 Å². The Balaban J connectivity index is 1.75. The third-order valence-electron chi connectivity index (χ3n) is 4.47. The second kappa shape index (κ2) is 11.8. The molecular formula is C20H34N4O2. The maximum absolute atomic E-state index is 5.75. The van der Waals surface area contributed by atoms with Gasteiger partial charge in [0.25, 0.3) is 0 Å². The molecule has 0 radical (unpaired) electrons. The van der Waals surface area contributed by atoms with Gasteiger partial charge in [-0.05, 0) is 44.0 Å². The van der Waals surface area contributed by atoms with E-state index < -0.39 is 0 Å². The molecule has 1 saturated heterocycles. The number of likely N-dealkylation sites (tertiary alicyclic amines) is 1. The number of rotatable bonds is 10. The van der Waals surface area contributed by atoms with Crippen LogP contribution in [0.5, 0.6) is 5.75 Å². The Morgan fingerprint density at radius 2 is 2.08 bits per heavy atom.